The van der Waals surface area contributed by atoms with E-state index >= 15 is 0 Å². The Kier molecular flexibility index (Phi) is 6.22. The van der Waals surface area contributed by atoms with E-state index in [0.717, 1.165) is 17.8 Å². The number of hydrogen-bond donors (Lipinski definition) is 2. The minimum Gasteiger partial charge on any atom is -0.349 e. The Hall–Kier alpha value is -2.28. The van der Waals surface area contributed by atoms with Crippen LogP contribution in [0, 0.1) is 0 Å². The van der Waals surface area contributed by atoms with E-state index in [0.29, 0.717) is 10.7 Å². The fourth-order valence-corrected chi connectivity index (χ4v) is 2.87. The number of carbonyl (C=O) groups is 2. The maximum absolute atomic E-state index is 12.0. The Balaban J connectivity index is 1.81. The zero-order valence-electron chi connectivity index (χ0n) is 13.2. The highest BCUT2D eigenvalue weighted by atomic mass is 32.1. The molecule has 0 aliphatic heterocycles. The molecule has 1 heterocycles. The molecule has 2 N–H and O–H groups in total. The molecule has 2 amide bonds. The summed E-state index contributed by atoms with van der Waals surface area (Å²) in [5.41, 5.74) is 0.577. The van der Waals surface area contributed by atoms with Crippen LogP contribution in [0.2, 0.25) is 0 Å². The summed E-state index contributed by atoms with van der Waals surface area (Å²) in [6.07, 6.45) is 2.03. The fraction of sp³-hybridized carbons (Fsp3) is 0.375. The minimum absolute atomic E-state index is 0.182. The quantitative estimate of drug-likeness (QED) is 0.816. The summed E-state index contributed by atoms with van der Waals surface area (Å²) in [6, 6.07) is 8.65. The van der Waals surface area contributed by atoms with Crippen molar-refractivity contribution in [2.75, 3.05) is 5.32 Å². The van der Waals surface area contributed by atoms with Crippen LogP contribution in [0.15, 0.2) is 30.3 Å². The third kappa shape index (κ3) is 5.45. The summed E-state index contributed by atoms with van der Waals surface area (Å²) in [5, 5.41) is 14.9. The molecule has 0 fully saturated rings. The van der Waals surface area contributed by atoms with Gasteiger partial charge in [0.25, 0.3) is 5.91 Å². The van der Waals surface area contributed by atoms with Crippen molar-refractivity contribution in [3.05, 3.63) is 40.9 Å². The molecule has 0 aliphatic carbocycles. The highest BCUT2D eigenvalue weighted by Gasteiger charge is 2.14. The average Bonchev–Trinajstić information content (AvgIpc) is 2.95. The number of aryl methyl sites for hydroxylation is 1. The molecule has 0 spiro atoms. The largest absolute Gasteiger partial charge is 0.349 e. The lowest BCUT2D eigenvalue weighted by atomic mass is 10.1. The first kappa shape index (κ1) is 17.1. The second-order valence-corrected chi connectivity index (χ2v) is 6.31. The van der Waals surface area contributed by atoms with Crippen LogP contribution >= 0.6 is 11.3 Å². The molecule has 0 radical (unpaired) electrons. The standard InChI is InChI=1S/C16H20N4O2S/c1-3-7-14-19-20-16(23-14)18-13(21)10-11(2)17-15(22)12-8-5-4-6-9-12/h4-6,8-9,11H,3,7,10H2,1-2H3,(H,17,22)(H,18,20,21). The first-order valence-electron chi connectivity index (χ1n) is 7.56. The molecule has 1 aromatic heterocycles. The molecule has 23 heavy (non-hydrogen) atoms. The molecule has 0 saturated heterocycles. The van der Waals surface area contributed by atoms with Gasteiger partial charge < -0.3 is 10.6 Å². The van der Waals surface area contributed by atoms with Gasteiger partial charge >= 0.3 is 0 Å². The number of rotatable bonds is 7. The van der Waals surface area contributed by atoms with Crippen LogP contribution < -0.4 is 10.6 Å². The van der Waals surface area contributed by atoms with Gasteiger partial charge in [-0.1, -0.05) is 36.5 Å². The van der Waals surface area contributed by atoms with E-state index in [9.17, 15) is 9.59 Å². The number of carbonyl (C=O) groups excluding carboxylic acids is 2. The summed E-state index contributed by atoms with van der Waals surface area (Å²) in [6.45, 7) is 3.86. The van der Waals surface area contributed by atoms with Gasteiger partial charge in [0, 0.05) is 24.4 Å². The zero-order chi connectivity index (χ0) is 16.7. The van der Waals surface area contributed by atoms with E-state index in [4.69, 9.17) is 0 Å². The molecule has 7 heteroatoms. The maximum Gasteiger partial charge on any atom is 0.251 e. The SMILES string of the molecule is CCCc1nnc(NC(=O)CC(C)NC(=O)c2ccccc2)s1. The second kappa shape index (κ2) is 8.38. The molecule has 0 bridgehead atoms. The van der Waals surface area contributed by atoms with Crippen molar-refractivity contribution in [2.45, 2.75) is 39.2 Å². The highest BCUT2D eigenvalue weighted by Crippen LogP contribution is 2.16. The Morgan fingerprint density at radius 2 is 1.96 bits per heavy atom. The van der Waals surface area contributed by atoms with Crippen LogP contribution in [0.3, 0.4) is 0 Å². The van der Waals surface area contributed by atoms with Crippen LogP contribution in [0.4, 0.5) is 5.13 Å². The number of aromatic nitrogens is 2. The molecule has 2 rings (SSSR count). The lowest BCUT2D eigenvalue weighted by molar-refractivity contribution is -0.116. The Morgan fingerprint density at radius 1 is 1.22 bits per heavy atom. The Morgan fingerprint density at radius 3 is 2.65 bits per heavy atom. The van der Waals surface area contributed by atoms with Crippen LogP contribution in [-0.4, -0.2) is 28.1 Å². The van der Waals surface area contributed by atoms with Gasteiger partial charge in [-0.15, -0.1) is 10.2 Å². The number of nitrogens with zero attached hydrogens (tertiary/aromatic N) is 2. The number of nitrogens with one attached hydrogen (secondary N) is 2. The minimum atomic E-state index is -0.272. The first-order chi connectivity index (χ1) is 11.1. The third-order valence-electron chi connectivity index (χ3n) is 3.08. The third-order valence-corrected chi connectivity index (χ3v) is 3.98. The van der Waals surface area contributed by atoms with Gasteiger partial charge in [0.15, 0.2) is 0 Å². The maximum atomic E-state index is 12.0. The van der Waals surface area contributed by atoms with Crippen molar-refractivity contribution in [2.24, 2.45) is 0 Å². The highest BCUT2D eigenvalue weighted by molar-refractivity contribution is 7.15. The normalized spacial score (nSPS) is 11.7. The predicted octanol–water partition coefficient (Wildman–Crippen LogP) is 2.64. The van der Waals surface area contributed by atoms with Crippen molar-refractivity contribution < 1.29 is 9.59 Å². The van der Waals surface area contributed by atoms with Gasteiger partial charge in [0.05, 0.1) is 0 Å². The Labute approximate surface area is 139 Å². The lowest BCUT2D eigenvalue weighted by Crippen LogP contribution is -2.35. The van der Waals surface area contributed by atoms with Crippen molar-refractivity contribution in [1.29, 1.82) is 0 Å². The predicted molar refractivity (Wildman–Crippen MR) is 90.5 cm³/mol. The van der Waals surface area contributed by atoms with Gasteiger partial charge in [-0.05, 0) is 25.5 Å². The number of amides is 2. The second-order valence-electron chi connectivity index (χ2n) is 5.24. The van der Waals surface area contributed by atoms with Gasteiger partial charge in [0.1, 0.15) is 5.01 Å². The topological polar surface area (TPSA) is 84.0 Å². The number of anilines is 1. The van der Waals surface area contributed by atoms with Gasteiger partial charge in [-0.3, -0.25) is 9.59 Å². The first-order valence-corrected chi connectivity index (χ1v) is 8.38. The van der Waals surface area contributed by atoms with Gasteiger partial charge in [0.2, 0.25) is 11.0 Å². The number of hydrogen-bond acceptors (Lipinski definition) is 5. The van der Waals surface area contributed by atoms with Gasteiger partial charge in [-0.2, -0.15) is 0 Å². The molecular formula is C16H20N4O2S. The number of benzene rings is 1. The molecular weight excluding hydrogens is 312 g/mol. The lowest BCUT2D eigenvalue weighted by Gasteiger charge is -2.13. The van der Waals surface area contributed by atoms with E-state index in [1.165, 1.54) is 11.3 Å². The van der Waals surface area contributed by atoms with Crippen molar-refractivity contribution in [3.8, 4) is 0 Å². The molecule has 6 nitrogen and oxygen atoms in total. The molecule has 1 aromatic carbocycles. The molecule has 2 aromatic rings. The molecule has 0 aliphatic rings. The van der Waals surface area contributed by atoms with E-state index in [1.807, 2.05) is 6.07 Å². The summed E-state index contributed by atoms with van der Waals surface area (Å²) >= 11 is 1.38. The van der Waals surface area contributed by atoms with Crippen LogP contribution in [-0.2, 0) is 11.2 Å². The average molecular weight is 332 g/mol. The summed E-state index contributed by atoms with van der Waals surface area (Å²) < 4.78 is 0. The molecule has 122 valence electrons. The van der Waals surface area contributed by atoms with E-state index in [-0.39, 0.29) is 24.3 Å². The smallest absolute Gasteiger partial charge is 0.251 e. The summed E-state index contributed by atoms with van der Waals surface area (Å²) in [5.74, 6) is -0.378. The monoisotopic (exact) mass is 332 g/mol. The van der Waals surface area contributed by atoms with Crippen molar-refractivity contribution >= 4 is 28.3 Å². The van der Waals surface area contributed by atoms with Crippen molar-refractivity contribution in [1.82, 2.24) is 15.5 Å². The Bertz CT molecular complexity index is 657. The van der Waals surface area contributed by atoms with Gasteiger partial charge in [-0.25, -0.2) is 0 Å². The molecule has 0 saturated carbocycles. The molecule has 1 unspecified atom stereocenters. The van der Waals surface area contributed by atoms with E-state index in [2.05, 4.69) is 27.8 Å². The molecule has 1 atom stereocenters. The van der Waals surface area contributed by atoms with E-state index in [1.54, 1.807) is 31.2 Å². The fourth-order valence-electron chi connectivity index (χ4n) is 2.02. The van der Waals surface area contributed by atoms with Crippen LogP contribution in [0.1, 0.15) is 42.1 Å². The summed E-state index contributed by atoms with van der Waals surface area (Å²) in [4.78, 5) is 24.0. The van der Waals surface area contributed by atoms with Crippen LogP contribution in [0.25, 0.3) is 0 Å². The van der Waals surface area contributed by atoms with Crippen LogP contribution in [0.5, 0.6) is 0 Å². The zero-order valence-corrected chi connectivity index (χ0v) is 14.0. The van der Waals surface area contributed by atoms with Crippen molar-refractivity contribution in [3.63, 3.8) is 0 Å². The summed E-state index contributed by atoms with van der Waals surface area (Å²) in [7, 11) is 0. The van der Waals surface area contributed by atoms with E-state index < -0.39 is 0 Å².